The highest BCUT2D eigenvalue weighted by molar-refractivity contribution is 5.22. The average Bonchev–Trinajstić information content (AvgIpc) is 2.03. The van der Waals surface area contributed by atoms with Gasteiger partial charge < -0.3 is 10.8 Å². The lowest BCUT2D eigenvalue weighted by molar-refractivity contribution is 0.162. The molecule has 0 heterocycles. The SMILES string of the molecule is C[C@H](O)[C@@H](N)c1ccc(F)cc1F. The second kappa shape index (κ2) is 3.81. The Morgan fingerprint density at radius 3 is 2.46 bits per heavy atom. The molecule has 0 aliphatic rings. The van der Waals surface area contributed by atoms with Gasteiger partial charge in [0.15, 0.2) is 0 Å². The summed E-state index contributed by atoms with van der Waals surface area (Å²) >= 11 is 0. The molecule has 0 radical (unpaired) electrons. The summed E-state index contributed by atoms with van der Waals surface area (Å²) in [6.07, 6.45) is -0.861. The number of hydrogen-bond donors (Lipinski definition) is 2. The van der Waals surface area contributed by atoms with Crippen LogP contribution in [0.1, 0.15) is 18.5 Å². The predicted octanol–water partition coefficient (Wildman–Crippen LogP) is 1.35. The van der Waals surface area contributed by atoms with Crippen LogP contribution in [0.5, 0.6) is 0 Å². The molecule has 0 saturated heterocycles. The standard InChI is InChI=1S/C9H11F2NO/c1-5(13)9(12)7-3-2-6(10)4-8(7)11/h2-5,9,13H,12H2,1H3/t5-,9+/m0/s1. The average molecular weight is 187 g/mol. The molecule has 72 valence electrons. The summed E-state index contributed by atoms with van der Waals surface area (Å²) in [6.45, 7) is 1.45. The topological polar surface area (TPSA) is 46.2 Å². The third-order valence-corrected chi connectivity index (χ3v) is 1.84. The molecular formula is C9H11F2NO. The number of benzene rings is 1. The quantitative estimate of drug-likeness (QED) is 0.734. The van der Waals surface area contributed by atoms with Crippen LogP contribution in [0.2, 0.25) is 0 Å². The van der Waals surface area contributed by atoms with Gasteiger partial charge in [0.2, 0.25) is 0 Å². The number of halogens is 2. The van der Waals surface area contributed by atoms with Crippen molar-refractivity contribution in [1.29, 1.82) is 0 Å². The van der Waals surface area contributed by atoms with Crippen LogP contribution in [0.3, 0.4) is 0 Å². The first-order valence-corrected chi connectivity index (χ1v) is 3.91. The fourth-order valence-corrected chi connectivity index (χ4v) is 1.03. The van der Waals surface area contributed by atoms with Crippen LogP contribution in [-0.4, -0.2) is 11.2 Å². The largest absolute Gasteiger partial charge is 0.391 e. The van der Waals surface area contributed by atoms with Crippen LogP contribution >= 0.6 is 0 Å². The lowest BCUT2D eigenvalue weighted by Crippen LogP contribution is -2.24. The van der Waals surface area contributed by atoms with Crippen LogP contribution in [0.25, 0.3) is 0 Å². The molecule has 3 N–H and O–H groups in total. The van der Waals surface area contributed by atoms with E-state index in [2.05, 4.69) is 0 Å². The van der Waals surface area contributed by atoms with Crippen molar-refractivity contribution in [3.63, 3.8) is 0 Å². The summed E-state index contributed by atoms with van der Waals surface area (Å²) in [5.74, 6) is -1.38. The van der Waals surface area contributed by atoms with Crippen molar-refractivity contribution < 1.29 is 13.9 Å². The minimum absolute atomic E-state index is 0.122. The molecule has 0 amide bonds. The Morgan fingerprint density at radius 1 is 1.38 bits per heavy atom. The Labute approximate surface area is 75.0 Å². The minimum Gasteiger partial charge on any atom is -0.391 e. The monoisotopic (exact) mass is 187 g/mol. The smallest absolute Gasteiger partial charge is 0.130 e. The highest BCUT2D eigenvalue weighted by Crippen LogP contribution is 2.18. The summed E-state index contributed by atoms with van der Waals surface area (Å²) in [5.41, 5.74) is 5.60. The Hall–Kier alpha value is -1.00. The van der Waals surface area contributed by atoms with E-state index >= 15 is 0 Å². The zero-order valence-electron chi connectivity index (χ0n) is 7.17. The number of aliphatic hydroxyl groups excluding tert-OH is 1. The highest BCUT2D eigenvalue weighted by atomic mass is 19.1. The van der Waals surface area contributed by atoms with E-state index in [4.69, 9.17) is 10.8 Å². The molecule has 0 unspecified atom stereocenters. The van der Waals surface area contributed by atoms with Crippen LogP contribution in [0, 0.1) is 11.6 Å². The van der Waals surface area contributed by atoms with Crippen LogP contribution in [0.4, 0.5) is 8.78 Å². The van der Waals surface area contributed by atoms with Crippen molar-refractivity contribution in [3.8, 4) is 0 Å². The van der Waals surface area contributed by atoms with E-state index in [9.17, 15) is 8.78 Å². The van der Waals surface area contributed by atoms with Gasteiger partial charge in [-0.05, 0) is 13.0 Å². The van der Waals surface area contributed by atoms with Gasteiger partial charge in [0.1, 0.15) is 11.6 Å². The lowest BCUT2D eigenvalue weighted by Gasteiger charge is -2.15. The Morgan fingerprint density at radius 2 is 2.00 bits per heavy atom. The number of nitrogens with two attached hydrogens (primary N) is 1. The summed E-state index contributed by atoms with van der Waals surface area (Å²) in [5, 5.41) is 9.08. The first kappa shape index (κ1) is 10.1. The van der Waals surface area contributed by atoms with E-state index in [-0.39, 0.29) is 5.56 Å². The van der Waals surface area contributed by atoms with E-state index in [1.165, 1.54) is 13.0 Å². The first-order chi connectivity index (χ1) is 6.02. The van der Waals surface area contributed by atoms with E-state index in [0.717, 1.165) is 12.1 Å². The van der Waals surface area contributed by atoms with Gasteiger partial charge >= 0.3 is 0 Å². The molecule has 2 nitrogen and oxygen atoms in total. The summed E-state index contributed by atoms with van der Waals surface area (Å²) in [7, 11) is 0. The minimum atomic E-state index is -0.861. The molecule has 0 aromatic heterocycles. The molecule has 0 aliphatic heterocycles. The second-order valence-electron chi connectivity index (χ2n) is 2.93. The van der Waals surface area contributed by atoms with Gasteiger partial charge in [-0.2, -0.15) is 0 Å². The van der Waals surface area contributed by atoms with Gasteiger partial charge in [-0.1, -0.05) is 6.07 Å². The zero-order valence-corrected chi connectivity index (χ0v) is 7.17. The molecule has 1 aromatic rings. The van der Waals surface area contributed by atoms with E-state index in [1.54, 1.807) is 0 Å². The molecule has 2 atom stereocenters. The second-order valence-corrected chi connectivity index (χ2v) is 2.93. The fraction of sp³-hybridized carbons (Fsp3) is 0.333. The Kier molecular flexibility index (Phi) is 2.95. The van der Waals surface area contributed by atoms with E-state index < -0.39 is 23.8 Å². The van der Waals surface area contributed by atoms with Crippen molar-refractivity contribution in [3.05, 3.63) is 35.4 Å². The van der Waals surface area contributed by atoms with Gasteiger partial charge in [-0.3, -0.25) is 0 Å². The van der Waals surface area contributed by atoms with Gasteiger partial charge in [0.05, 0.1) is 12.1 Å². The van der Waals surface area contributed by atoms with Crippen molar-refractivity contribution in [2.75, 3.05) is 0 Å². The summed E-state index contributed by atoms with van der Waals surface area (Å²) < 4.78 is 25.5. The molecule has 1 rings (SSSR count). The molecular weight excluding hydrogens is 176 g/mol. The zero-order chi connectivity index (χ0) is 10.0. The summed E-state index contributed by atoms with van der Waals surface area (Å²) in [4.78, 5) is 0. The highest BCUT2D eigenvalue weighted by Gasteiger charge is 2.16. The predicted molar refractivity (Wildman–Crippen MR) is 45.0 cm³/mol. The van der Waals surface area contributed by atoms with Crippen molar-refractivity contribution in [2.24, 2.45) is 5.73 Å². The number of hydrogen-bond acceptors (Lipinski definition) is 2. The molecule has 13 heavy (non-hydrogen) atoms. The maximum Gasteiger partial charge on any atom is 0.130 e. The van der Waals surface area contributed by atoms with Crippen LogP contribution in [0.15, 0.2) is 18.2 Å². The van der Waals surface area contributed by atoms with Crippen LogP contribution in [-0.2, 0) is 0 Å². The van der Waals surface area contributed by atoms with E-state index in [0.29, 0.717) is 0 Å². The van der Waals surface area contributed by atoms with Gasteiger partial charge in [-0.25, -0.2) is 8.78 Å². The number of aliphatic hydroxyl groups is 1. The first-order valence-electron chi connectivity index (χ1n) is 3.91. The van der Waals surface area contributed by atoms with Gasteiger partial charge in [0.25, 0.3) is 0 Å². The molecule has 0 saturated carbocycles. The third-order valence-electron chi connectivity index (χ3n) is 1.84. The normalized spacial score (nSPS) is 15.5. The lowest BCUT2D eigenvalue weighted by atomic mass is 10.0. The molecule has 4 heteroatoms. The maximum absolute atomic E-state index is 13.0. The molecule has 0 aliphatic carbocycles. The van der Waals surface area contributed by atoms with Gasteiger partial charge in [-0.15, -0.1) is 0 Å². The van der Waals surface area contributed by atoms with Crippen LogP contribution < -0.4 is 5.73 Å². The van der Waals surface area contributed by atoms with Crippen molar-refractivity contribution in [1.82, 2.24) is 0 Å². The fourth-order valence-electron chi connectivity index (χ4n) is 1.03. The third kappa shape index (κ3) is 2.23. The summed E-state index contributed by atoms with van der Waals surface area (Å²) in [6, 6.07) is 2.28. The Bertz CT molecular complexity index is 302. The molecule has 0 bridgehead atoms. The Balaban J connectivity index is 3.01. The molecule has 0 spiro atoms. The number of rotatable bonds is 2. The van der Waals surface area contributed by atoms with Crippen molar-refractivity contribution in [2.45, 2.75) is 19.1 Å². The molecule has 0 fully saturated rings. The van der Waals surface area contributed by atoms with Gasteiger partial charge in [0, 0.05) is 11.6 Å². The van der Waals surface area contributed by atoms with E-state index in [1.807, 2.05) is 0 Å². The van der Waals surface area contributed by atoms with Crippen molar-refractivity contribution >= 4 is 0 Å². The molecule has 1 aromatic carbocycles. The maximum atomic E-state index is 13.0.